The fourth-order valence-corrected chi connectivity index (χ4v) is 5.11. The molecule has 1 saturated carbocycles. The Morgan fingerprint density at radius 2 is 1.74 bits per heavy atom. The number of hydrogen-bond acceptors (Lipinski definition) is 3. The fourth-order valence-electron chi connectivity index (χ4n) is 3.62. The molecule has 1 aliphatic carbocycles. The molecule has 130 valence electrons. The van der Waals surface area contributed by atoms with E-state index in [0.29, 0.717) is 23.9 Å². The molecular formula is C19H34N2OSi. The number of nitrogens with zero attached hydrogens (tertiary/aromatic N) is 1. The fraction of sp³-hybridized carbons (Fsp3) is 0.737. The lowest BCUT2D eigenvalue weighted by atomic mass is 9.72. The second-order valence-corrected chi connectivity index (χ2v) is 13.7. The summed E-state index contributed by atoms with van der Waals surface area (Å²) in [4.78, 5) is 4.12. The molecule has 2 rings (SSSR count). The van der Waals surface area contributed by atoms with E-state index in [1.165, 1.54) is 5.56 Å². The van der Waals surface area contributed by atoms with Crippen LogP contribution < -0.4 is 5.73 Å². The van der Waals surface area contributed by atoms with E-state index in [1.807, 2.05) is 6.20 Å². The van der Waals surface area contributed by atoms with E-state index < -0.39 is 8.32 Å². The molecule has 0 spiro atoms. The number of rotatable bonds is 3. The molecule has 0 saturated heterocycles. The van der Waals surface area contributed by atoms with Crippen molar-refractivity contribution < 1.29 is 4.43 Å². The molecule has 3 nitrogen and oxygen atoms in total. The highest BCUT2D eigenvalue weighted by Gasteiger charge is 2.43. The number of nitrogen functional groups attached to an aromatic ring is 1. The minimum atomic E-state index is -1.72. The average molecular weight is 335 g/mol. The highest BCUT2D eigenvalue weighted by atomic mass is 28.4. The van der Waals surface area contributed by atoms with E-state index in [2.05, 4.69) is 58.8 Å². The summed E-state index contributed by atoms with van der Waals surface area (Å²) < 4.78 is 6.78. The predicted octanol–water partition coefficient (Wildman–Crippen LogP) is 5.20. The smallest absolute Gasteiger partial charge is 0.192 e. The van der Waals surface area contributed by atoms with Gasteiger partial charge in [0.2, 0.25) is 0 Å². The summed E-state index contributed by atoms with van der Waals surface area (Å²) >= 11 is 0. The van der Waals surface area contributed by atoms with Crippen LogP contribution in [0.15, 0.2) is 18.5 Å². The first-order valence-electron chi connectivity index (χ1n) is 8.90. The van der Waals surface area contributed by atoms with Gasteiger partial charge < -0.3 is 10.2 Å². The number of pyridine rings is 1. The standard InChI is InChI=1S/C19H34N2OSi/c1-13-10-15(16-8-9-21-12-17(16)20)11-14(2)18(13)22-23(6,7)19(3,4)5/h8-9,12-15,18H,10-11,20H2,1-7H3/t13-,14-,15?,18?/m1/s1. The van der Waals surface area contributed by atoms with Crippen molar-refractivity contribution in [3.63, 3.8) is 0 Å². The third-order valence-electron chi connectivity index (χ3n) is 6.00. The Labute approximate surface area is 143 Å². The van der Waals surface area contributed by atoms with Gasteiger partial charge in [-0.2, -0.15) is 0 Å². The third-order valence-corrected chi connectivity index (χ3v) is 10.5. The topological polar surface area (TPSA) is 48.1 Å². The van der Waals surface area contributed by atoms with Gasteiger partial charge >= 0.3 is 0 Å². The monoisotopic (exact) mass is 334 g/mol. The summed E-state index contributed by atoms with van der Waals surface area (Å²) in [6, 6.07) is 2.09. The van der Waals surface area contributed by atoms with Crippen LogP contribution in [0, 0.1) is 11.8 Å². The minimum Gasteiger partial charge on any atom is -0.413 e. The van der Waals surface area contributed by atoms with Crippen molar-refractivity contribution in [3.8, 4) is 0 Å². The highest BCUT2D eigenvalue weighted by molar-refractivity contribution is 6.74. The molecule has 0 amide bonds. The molecule has 1 aromatic rings. The van der Waals surface area contributed by atoms with Crippen molar-refractivity contribution in [3.05, 3.63) is 24.0 Å². The predicted molar refractivity (Wildman–Crippen MR) is 101 cm³/mol. The summed E-state index contributed by atoms with van der Waals surface area (Å²) in [7, 11) is -1.72. The quantitative estimate of drug-likeness (QED) is 0.772. The van der Waals surface area contributed by atoms with Crippen LogP contribution in [0.1, 0.15) is 58.9 Å². The van der Waals surface area contributed by atoms with Crippen molar-refractivity contribution >= 4 is 14.0 Å². The number of hydrogen-bond donors (Lipinski definition) is 1. The number of nitrogens with two attached hydrogens (primary N) is 1. The molecule has 1 aromatic heterocycles. The van der Waals surface area contributed by atoms with Gasteiger partial charge in [0.15, 0.2) is 8.32 Å². The molecule has 4 heteroatoms. The normalized spacial score (nSPS) is 29.5. The van der Waals surface area contributed by atoms with E-state index in [1.54, 1.807) is 6.20 Å². The van der Waals surface area contributed by atoms with Crippen LogP contribution >= 0.6 is 0 Å². The number of aromatic nitrogens is 1. The largest absolute Gasteiger partial charge is 0.413 e. The average Bonchev–Trinajstić information content (AvgIpc) is 2.42. The zero-order valence-electron chi connectivity index (χ0n) is 15.9. The zero-order chi connectivity index (χ0) is 17.4. The minimum absolute atomic E-state index is 0.263. The second-order valence-electron chi connectivity index (χ2n) is 8.97. The van der Waals surface area contributed by atoms with Gasteiger partial charge in [0.1, 0.15) is 0 Å². The van der Waals surface area contributed by atoms with Crippen molar-refractivity contribution in [1.82, 2.24) is 4.98 Å². The van der Waals surface area contributed by atoms with Gasteiger partial charge in [-0.1, -0.05) is 34.6 Å². The molecule has 0 aliphatic heterocycles. The van der Waals surface area contributed by atoms with Crippen molar-refractivity contribution in [2.75, 3.05) is 5.73 Å². The summed E-state index contributed by atoms with van der Waals surface area (Å²) in [5.74, 6) is 1.65. The summed E-state index contributed by atoms with van der Waals surface area (Å²) in [5.41, 5.74) is 8.25. The van der Waals surface area contributed by atoms with Crippen LogP contribution in [-0.2, 0) is 4.43 Å². The van der Waals surface area contributed by atoms with Gasteiger partial charge in [0.25, 0.3) is 0 Å². The molecular weight excluding hydrogens is 300 g/mol. The van der Waals surface area contributed by atoms with E-state index in [-0.39, 0.29) is 5.04 Å². The molecule has 1 heterocycles. The molecule has 2 atom stereocenters. The zero-order valence-corrected chi connectivity index (χ0v) is 16.9. The lowest BCUT2D eigenvalue weighted by molar-refractivity contribution is 0.0349. The second kappa shape index (κ2) is 6.56. The Hall–Kier alpha value is -0.873. The van der Waals surface area contributed by atoms with Crippen LogP contribution in [0.25, 0.3) is 0 Å². The maximum Gasteiger partial charge on any atom is 0.192 e. The van der Waals surface area contributed by atoms with E-state index in [0.717, 1.165) is 18.5 Å². The van der Waals surface area contributed by atoms with Crippen molar-refractivity contribution in [1.29, 1.82) is 0 Å². The van der Waals surface area contributed by atoms with Crippen LogP contribution in [-0.4, -0.2) is 19.4 Å². The maximum absolute atomic E-state index is 6.78. The lowest BCUT2D eigenvalue weighted by Gasteiger charge is -2.46. The molecule has 0 radical (unpaired) electrons. The first-order valence-corrected chi connectivity index (χ1v) is 11.8. The first-order chi connectivity index (χ1) is 10.5. The SMILES string of the molecule is C[C@@H]1CC(c2ccncc2N)C[C@@H](C)C1O[Si](C)(C)C(C)(C)C. The van der Waals surface area contributed by atoms with Gasteiger partial charge in [0.05, 0.1) is 18.0 Å². The Morgan fingerprint density at radius 1 is 1.17 bits per heavy atom. The molecule has 2 N–H and O–H groups in total. The van der Waals surface area contributed by atoms with Crippen LogP contribution in [0.3, 0.4) is 0 Å². The lowest BCUT2D eigenvalue weighted by Crippen LogP contribution is -2.49. The van der Waals surface area contributed by atoms with E-state index in [9.17, 15) is 0 Å². The molecule has 0 aromatic carbocycles. The maximum atomic E-state index is 6.78. The summed E-state index contributed by atoms with van der Waals surface area (Å²) in [5, 5.41) is 0.263. The Balaban J connectivity index is 2.13. The van der Waals surface area contributed by atoms with E-state index in [4.69, 9.17) is 10.2 Å². The van der Waals surface area contributed by atoms with Gasteiger partial charge in [-0.25, -0.2) is 0 Å². The number of anilines is 1. The third kappa shape index (κ3) is 3.97. The van der Waals surface area contributed by atoms with Gasteiger partial charge in [-0.3, -0.25) is 4.98 Å². The van der Waals surface area contributed by atoms with Crippen LogP contribution in [0.2, 0.25) is 18.1 Å². The molecule has 1 aliphatic rings. The van der Waals surface area contributed by atoms with Crippen molar-refractivity contribution in [2.24, 2.45) is 11.8 Å². The Bertz CT molecular complexity index is 526. The van der Waals surface area contributed by atoms with Gasteiger partial charge in [-0.05, 0) is 60.4 Å². The highest BCUT2D eigenvalue weighted by Crippen LogP contribution is 2.45. The van der Waals surface area contributed by atoms with E-state index >= 15 is 0 Å². The van der Waals surface area contributed by atoms with Crippen molar-refractivity contribution in [2.45, 2.75) is 77.6 Å². The Morgan fingerprint density at radius 3 is 2.22 bits per heavy atom. The van der Waals surface area contributed by atoms with Gasteiger partial charge in [-0.15, -0.1) is 0 Å². The summed E-state index contributed by atoms with van der Waals surface area (Å²) in [6.07, 6.45) is 6.31. The van der Waals surface area contributed by atoms with Crippen LogP contribution in [0.5, 0.6) is 0 Å². The molecule has 1 fully saturated rings. The molecule has 0 unspecified atom stereocenters. The van der Waals surface area contributed by atoms with Crippen LogP contribution in [0.4, 0.5) is 5.69 Å². The summed E-state index contributed by atoms with van der Waals surface area (Å²) in [6.45, 7) is 16.4. The first kappa shape index (κ1) is 18.5. The molecule has 23 heavy (non-hydrogen) atoms. The molecule has 0 bridgehead atoms. The Kier molecular flexibility index (Phi) is 5.26. The van der Waals surface area contributed by atoms with Gasteiger partial charge in [0, 0.05) is 6.20 Å².